The number of aryl methyl sites for hydroxylation is 1. The number of rotatable bonds is 4. The van der Waals surface area contributed by atoms with Crippen molar-refractivity contribution in [2.24, 2.45) is 0 Å². The molecule has 2 aromatic heterocycles. The van der Waals surface area contributed by atoms with Crippen LogP contribution >= 0.6 is 11.6 Å². The summed E-state index contributed by atoms with van der Waals surface area (Å²) in [7, 11) is 0. The van der Waals surface area contributed by atoms with Crippen LogP contribution in [0, 0.1) is 6.92 Å². The number of pyridine rings is 1. The van der Waals surface area contributed by atoms with Crippen molar-refractivity contribution in [2.75, 3.05) is 5.73 Å². The van der Waals surface area contributed by atoms with Gasteiger partial charge in [-0.25, -0.2) is 4.98 Å². The minimum absolute atomic E-state index is 0.00986. The summed E-state index contributed by atoms with van der Waals surface area (Å²) in [4.78, 5) is 8.62. The first-order valence-corrected chi connectivity index (χ1v) is 7.84. The van der Waals surface area contributed by atoms with Crippen molar-refractivity contribution in [1.82, 2.24) is 15.1 Å². The number of aromatic nitrogens is 3. The van der Waals surface area contributed by atoms with Gasteiger partial charge in [-0.1, -0.05) is 16.8 Å². The van der Waals surface area contributed by atoms with Gasteiger partial charge in [-0.05, 0) is 50.6 Å². The molecule has 2 N–H and O–H groups in total. The van der Waals surface area contributed by atoms with Crippen LogP contribution in [0.15, 0.2) is 35.0 Å². The number of halogens is 1. The number of nitrogens with zero attached hydrogens (tertiary/aromatic N) is 3. The maximum atomic E-state index is 6.20. The second kappa shape index (κ2) is 6.49. The molecule has 0 spiro atoms. The predicted octanol–water partition coefficient (Wildman–Crippen LogP) is 4.13. The van der Waals surface area contributed by atoms with Gasteiger partial charge in [0.1, 0.15) is 5.02 Å². The number of anilines is 1. The van der Waals surface area contributed by atoms with Crippen LogP contribution in [-0.4, -0.2) is 21.2 Å². The molecule has 7 heteroatoms. The molecule has 0 bridgehead atoms. The number of nitrogens with two attached hydrogens (primary N) is 1. The Morgan fingerprint density at radius 2 is 2.04 bits per heavy atom. The zero-order valence-corrected chi connectivity index (χ0v) is 14.3. The molecule has 0 aliphatic heterocycles. The molecule has 0 aliphatic carbocycles. The third-order valence-electron chi connectivity index (χ3n) is 3.32. The molecule has 2 heterocycles. The summed E-state index contributed by atoms with van der Waals surface area (Å²) in [6.45, 7) is 5.76. The van der Waals surface area contributed by atoms with Gasteiger partial charge in [-0.3, -0.25) is 0 Å². The van der Waals surface area contributed by atoms with Crippen LogP contribution in [0.2, 0.25) is 5.02 Å². The molecular formula is C17H17ClN4O2. The predicted molar refractivity (Wildman–Crippen MR) is 92.9 cm³/mol. The standard InChI is InChI=1S/C17H17ClN4O2/c1-9(2)23-17-14(18)7-11(8-20-17)16-21-15(22-24-16)13-5-4-12(19)6-10(13)3/h4-9H,19H2,1-3H3. The zero-order valence-electron chi connectivity index (χ0n) is 13.6. The highest BCUT2D eigenvalue weighted by Gasteiger charge is 2.15. The lowest BCUT2D eigenvalue weighted by molar-refractivity contribution is 0.233. The maximum absolute atomic E-state index is 6.20. The number of hydrogen-bond donors (Lipinski definition) is 1. The number of hydrogen-bond acceptors (Lipinski definition) is 6. The van der Waals surface area contributed by atoms with E-state index in [-0.39, 0.29) is 6.10 Å². The van der Waals surface area contributed by atoms with Crippen LogP contribution in [0.5, 0.6) is 5.88 Å². The Morgan fingerprint density at radius 3 is 2.71 bits per heavy atom. The molecule has 0 aliphatic rings. The zero-order chi connectivity index (χ0) is 17.3. The molecule has 24 heavy (non-hydrogen) atoms. The Hall–Kier alpha value is -2.60. The van der Waals surface area contributed by atoms with E-state index >= 15 is 0 Å². The fourth-order valence-electron chi connectivity index (χ4n) is 2.24. The molecule has 0 atom stereocenters. The van der Waals surface area contributed by atoms with Gasteiger partial charge in [-0.15, -0.1) is 0 Å². The Labute approximate surface area is 144 Å². The van der Waals surface area contributed by atoms with Crippen molar-refractivity contribution in [1.29, 1.82) is 0 Å². The van der Waals surface area contributed by atoms with Crippen LogP contribution in [0.1, 0.15) is 19.4 Å². The van der Waals surface area contributed by atoms with Crippen molar-refractivity contribution in [3.05, 3.63) is 41.0 Å². The van der Waals surface area contributed by atoms with Crippen molar-refractivity contribution in [3.63, 3.8) is 0 Å². The molecule has 124 valence electrons. The van der Waals surface area contributed by atoms with E-state index in [4.69, 9.17) is 26.6 Å². The van der Waals surface area contributed by atoms with Gasteiger partial charge >= 0.3 is 0 Å². The van der Waals surface area contributed by atoms with Crippen LogP contribution in [0.3, 0.4) is 0 Å². The van der Waals surface area contributed by atoms with E-state index in [1.807, 2.05) is 32.9 Å². The van der Waals surface area contributed by atoms with Crippen molar-refractivity contribution in [2.45, 2.75) is 26.9 Å². The molecule has 6 nitrogen and oxygen atoms in total. The smallest absolute Gasteiger partial charge is 0.259 e. The van der Waals surface area contributed by atoms with E-state index in [9.17, 15) is 0 Å². The maximum Gasteiger partial charge on any atom is 0.259 e. The molecule has 0 fully saturated rings. The molecule has 3 aromatic rings. The lowest BCUT2D eigenvalue weighted by Crippen LogP contribution is -2.07. The molecule has 0 radical (unpaired) electrons. The van der Waals surface area contributed by atoms with Crippen molar-refractivity contribution in [3.8, 4) is 28.7 Å². The lowest BCUT2D eigenvalue weighted by Gasteiger charge is -2.09. The largest absolute Gasteiger partial charge is 0.474 e. The summed E-state index contributed by atoms with van der Waals surface area (Å²) in [6.07, 6.45) is 1.58. The summed E-state index contributed by atoms with van der Waals surface area (Å²) < 4.78 is 10.9. The van der Waals surface area contributed by atoms with E-state index in [1.165, 1.54) is 0 Å². The molecule has 1 aromatic carbocycles. The van der Waals surface area contributed by atoms with E-state index < -0.39 is 0 Å². The summed E-state index contributed by atoms with van der Waals surface area (Å²) in [5.74, 6) is 1.21. The number of benzene rings is 1. The molecular weight excluding hydrogens is 328 g/mol. The number of nitrogen functional groups attached to an aromatic ring is 1. The van der Waals surface area contributed by atoms with E-state index in [1.54, 1.807) is 18.3 Å². The third-order valence-corrected chi connectivity index (χ3v) is 3.59. The van der Waals surface area contributed by atoms with Crippen molar-refractivity contribution < 1.29 is 9.26 Å². The Morgan fingerprint density at radius 1 is 1.25 bits per heavy atom. The molecule has 0 saturated heterocycles. The van der Waals surface area contributed by atoms with Crippen LogP contribution in [0.25, 0.3) is 22.8 Å². The van der Waals surface area contributed by atoms with Gasteiger partial charge in [0.15, 0.2) is 0 Å². The highest BCUT2D eigenvalue weighted by Crippen LogP contribution is 2.30. The summed E-state index contributed by atoms with van der Waals surface area (Å²) in [6, 6.07) is 7.22. The van der Waals surface area contributed by atoms with Gasteiger partial charge in [0.05, 0.1) is 11.7 Å². The fraction of sp³-hybridized carbons (Fsp3) is 0.235. The monoisotopic (exact) mass is 344 g/mol. The minimum atomic E-state index is -0.00986. The lowest BCUT2D eigenvalue weighted by atomic mass is 10.1. The summed E-state index contributed by atoms with van der Waals surface area (Å²) in [5.41, 5.74) is 8.92. The average Bonchev–Trinajstić information content (AvgIpc) is 2.98. The van der Waals surface area contributed by atoms with Gasteiger partial charge in [0.25, 0.3) is 5.89 Å². The second-order valence-electron chi connectivity index (χ2n) is 5.68. The summed E-state index contributed by atoms with van der Waals surface area (Å²) >= 11 is 6.20. The van der Waals surface area contributed by atoms with Gasteiger partial charge in [0.2, 0.25) is 11.7 Å². The topological polar surface area (TPSA) is 87.1 Å². The average molecular weight is 345 g/mol. The van der Waals surface area contributed by atoms with Crippen LogP contribution < -0.4 is 10.5 Å². The third kappa shape index (κ3) is 3.33. The number of ether oxygens (including phenoxy) is 1. The van der Waals surface area contributed by atoms with Crippen LogP contribution in [-0.2, 0) is 0 Å². The SMILES string of the molecule is Cc1cc(N)ccc1-c1noc(-c2cnc(OC(C)C)c(Cl)c2)n1. The molecule has 3 rings (SSSR count). The van der Waals surface area contributed by atoms with E-state index in [0.717, 1.165) is 11.1 Å². The Balaban J connectivity index is 1.92. The van der Waals surface area contributed by atoms with Gasteiger partial charge in [-0.2, -0.15) is 4.98 Å². The highest BCUT2D eigenvalue weighted by molar-refractivity contribution is 6.32. The first kappa shape index (κ1) is 16.3. The summed E-state index contributed by atoms with van der Waals surface area (Å²) in [5, 5.41) is 4.42. The molecule has 0 unspecified atom stereocenters. The Kier molecular flexibility index (Phi) is 4.40. The van der Waals surface area contributed by atoms with E-state index in [0.29, 0.717) is 33.9 Å². The van der Waals surface area contributed by atoms with Gasteiger partial charge < -0.3 is 15.0 Å². The van der Waals surface area contributed by atoms with E-state index in [2.05, 4.69) is 15.1 Å². The Bertz CT molecular complexity index is 877. The molecule has 0 saturated carbocycles. The van der Waals surface area contributed by atoms with Crippen molar-refractivity contribution >= 4 is 17.3 Å². The normalized spacial score (nSPS) is 11.0. The van der Waals surface area contributed by atoms with Crippen LogP contribution in [0.4, 0.5) is 5.69 Å². The highest BCUT2D eigenvalue weighted by atomic mass is 35.5. The molecule has 0 amide bonds. The minimum Gasteiger partial charge on any atom is -0.474 e. The van der Waals surface area contributed by atoms with Gasteiger partial charge in [0, 0.05) is 17.4 Å². The fourth-order valence-corrected chi connectivity index (χ4v) is 2.45. The first-order chi connectivity index (χ1) is 11.4. The quantitative estimate of drug-likeness (QED) is 0.716. The first-order valence-electron chi connectivity index (χ1n) is 7.47. The second-order valence-corrected chi connectivity index (χ2v) is 6.08.